The zero-order valence-electron chi connectivity index (χ0n) is 11.6. The van der Waals surface area contributed by atoms with Gasteiger partial charge < -0.3 is 5.11 Å². The molecule has 0 saturated carbocycles. The SMILES string of the molecule is CCn1nc(C)cc1CC(O)c1ccc(SC)cc1. The normalized spacial score (nSPS) is 12.6. The molecule has 0 spiro atoms. The zero-order valence-corrected chi connectivity index (χ0v) is 12.4. The van der Waals surface area contributed by atoms with Crippen molar-refractivity contribution in [1.29, 1.82) is 0 Å². The highest BCUT2D eigenvalue weighted by Gasteiger charge is 2.12. The Hall–Kier alpha value is -1.26. The van der Waals surface area contributed by atoms with Crippen LogP contribution in [0.2, 0.25) is 0 Å². The Balaban J connectivity index is 2.12. The average Bonchev–Trinajstić information content (AvgIpc) is 2.78. The van der Waals surface area contributed by atoms with Gasteiger partial charge in [-0.15, -0.1) is 11.8 Å². The summed E-state index contributed by atoms with van der Waals surface area (Å²) >= 11 is 1.71. The molecule has 1 unspecified atom stereocenters. The maximum absolute atomic E-state index is 10.3. The van der Waals surface area contributed by atoms with Gasteiger partial charge in [-0.3, -0.25) is 4.68 Å². The number of aliphatic hydroxyl groups excluding tert-OH is 1. The molecule has 0 radical (unpaired) electrons. The van der Waals surface area contributed by atoms with E-state index in [0.717, 1.165) is 23.5 Å². The highest BCUT2D eigenvalue weighted by atomic mass is 32.2. The number of hydrogen-bond acceptors (Lipinski definition) is 3. The Morgan fingerprint density at radius 1 is 1.32 bits per heavy atom. The molecule has 0 fully saturated rings. The maximum atomic E-state index is 10.3. The number of aryl methyl sites for hydroxylation is 2. The molecule has 0 bridgehead atoms. The van der Waals surface area contributed by atoms with Crippen molar-refractivity contribution in [3.05, 3.63) is 47.3 Å². The molecule has 2 aromatic rings. The van der Waals surface area contributed by atoms with E-state index in [4.69, 9.17) is 0 Å². The summed E-state index contributed by atoms with van der Waals surface area (Å²) in [6.45, 7) is 4.88. The van der Waals surface area contributed by atoms with Crippen LogP contribution in [0.15, 0.2) is 35.2 Å². The number of thioether (sulfide) groups is 1. The molecule has 0 amide bonds. The van der Waals surface area contributed by atoms with E-state index in [2.05, 4.69) is 12.0 Å². The van der Waals surface area contributed by atoms with Gasteiger partial charge in [0.2, 0.25) is 0 Å². The first-order valence-electron chi connectivity index (χ1n) is 6.49. The van der Waals surface area contributed by atoms with Crippen LogP contribution >= 0.6 is 11.8 Å². The van der Waals surface area contributed by atoms with Crippen LogP contribution in [0.5, 0.6) is 0 Å². The van der Waals surface area contributed by atoms with Crippen molar-refractivity contribution < 1.29 is 5.11 Å². The zero-order chi connectivity index (χ0) is 13.8. The maximum Gasteiger partial charge on any atom is 0.0845 e. The van der Waals surface area contributed by atoms with Crippen LogP contribution in [-0.2, 0) is 13.0 Å². The number of benzene rings is 1. The van der Waals surface area contributed by atoms with Crippen molar-refractivity contribution in [2.45, 2.75) is 37.8 Å². The van der Waals surface area contributed by atoms with Gasteiger partial charge in [0.05, 0.1) is 11.8 Å². The van der Waals surface area contributed by atoms with Crippen molar-refractivity contribution in [2.75, 3.05) is 6.26 Å². The lowest BCUT2D eigenvalue weighted by atomic mass is 10.0. The van der Waals surface area contributed by atoms with E-state index in [1.165, 1.54) is 4.90 Å². The number of aromatic nitrogens is 2. The fourth-order valence-electron chi connectivity index (χ4n) is 2.18. The van der Waals surface area contributed by atoms with Gasteiger partial charge >= 0.3 is 0 Å². The van der Waals surface area contributed by atoms with Gasteiger partial charge in [-0.1, -0.05) is 12.1 Å². The highest BCUT2D eigenvalue weighted by Crippen LogP contribution is 2.22. The predicted molar refractivity (Wildman–Crippen MR) is 79.5 cm³/mol. The minimum atomic E-state index is -0.475. The third-order valence-corrected chi connectivity index (χ3v) is 3.93. The number of rotatable bonds is 5. The van der Waals surface area contributed by atoms with Crippen molar-refractivity contribution >= 4 is 11.8 Å². The van der Waals surface area contributed by atoms with Crippen molar-refractivity contribution in [3.63, 3.8) is 0 Å². The van der Waals surface area contributed by atoms with E-state index in [9.17, 15) is 5.11 Å². The molecule has 0 saturated heterocycles. The van der Waals surface area contributed by atoms with E-state index in [-0.39, 0.29) is 0 Å². The fourth-order valence-corrected chi connectivity index (χ4v) is 2.59. The highest BCUT2D eigenvalue weighted by molar-refractivity contribution is 7.98. The standard InChI is InChI=1S/C15H20N2OS/c1-4-17-13(9-11(2)16-17)10-15(18)12-5-7-14(19-3)8-6-12/h5-9,15,18H,4,10H2,1-3H3. The Kier molecular flexibility index (Phi) is 4.66. The van der Waals surface area contributed by atoms with Crippen molar-refractivity contribution in [3.8, 4) is 0 Å². The topological polar surface area (TPSA) is 38.0 Å². The molecule has 2 rings (SSSR count). The second kappa shape index (κ2) is 6.26. The van der Waals surface area contributed by atoms with Gasteiger partial charge in [0.1, 0.15) is 0 Å². The Morgan fingerprint density at radius 3 is 2.58 bits per heavy atom. The van der Waals surface area contributed by atoms with Crippen LogP contribution in [0.1, 0.15) is 30.0 Å². The fraction of sp³-hybridized carbons (Fsp3) is 0.400. The van der Waals surface area contributed by atoms with Gasteiger partial charge in [-0.25, -0.2) is 0 Å². The van der Waals surface area contributed by atoms with Crippen molar-refractivity contribution in [1.82, 2.24) is 9.78 Å². The first-order chi connectivity index (χ1) is 9.13. The largest absolute Gasteiger partial charge is 0.388 e. The summed E-state index contributed by atoms with van der Waals surface area (Å²) in [5.74, 6) is 0. The molecule has 0 aliphatic rings. The second-order valence-corrected chi connectivity index (χ2v) is 5.47. The molecular weight excluding hydrogens is 256 g/mol. The Labute approximate surface area is 118 Å². The molecule has 1 atom stereocenters. The van der Waals surface area contributed by atoms with Crippen molar-refractivity contribution in [2.24, 2.45) is 0 Å². The Bertz CT molecular complexity index is 534. The molecule has 0 aliphatic carbocycles. The molecule has 102 valence electrons. The summed E-state index contributed by atoms with van der Waals surface area (Å²) in [5, 5.41) is 14.7. The molecule has 1 heterocycles. The number of aliphatic hydroxyl groups is 1. The second-order valence-electron chi connectivity index (χ2n) is 4.59. The molecule has 3 nitrogen and oxygen atoms in total. The van der Waals surface area contributed by atoms with Gasteiger partial charge in [-0.05, 0) is 43.9 Å². The van der Waals surface area contributed by atoms with Crippen LogP contribution in [0.4, 0.5) is 0 Å². The monoisotopic (exact) mass is 276 g/mol. The van der Waals surface area contributed by atoms with Crippen LogP contribution in [-0.4, -0.2) is 21.1 Å². The van der Waals surface area contributed by atoms with Gasteiger partial charge in [0.15, 0.2) is 0 Å². The average molecular weight is 276 g/mol. The summed E-state index contributed by atoms with van der Waals surface area (Å²) < 4.78 is 1.95. The van der Waals surface area contributed by atoms with Crippen LogP contribution < -0.4 is 0 Å². The lowest BCUT2D eigenvalue weighted by molar-refractivity contribution is 0.175. The van der Waals surface area contributed by atoms with Crippen LogP contribution in [0.3, 0.4) is 0 Å². The molecular formula is C15H20N2OS. The molecule has 1 aromatic heterocycles. The van der Waals surface area contributed by atoms with E-state index >= 15 is 0 Å². The third-order valence-electron chi connectivity index (χ3n) is 3.19. The lowest BCUT2D eigenvalue weighted by Crippen LogP contribution is -2.08. The molecule has 1 aromatic carbocycles. The summed E-state index contributed by atoms with van der Waals surface area (Å²) in [5.41, 5.74) is 3.04. The summed E-state index contributed by atoms with van der Waals surface area (Å²) in [4.78, 5) is 1.21. The van der Waals surface area contributed by atoms with Crippen LogP contribution in [0.25, 0.3) is 0 Å². The first kappa shape index (κ1) is 14.2. The third kappa shape index (κ3) is 3.39. The molecule has 19 heavy (non-hydrogen) atoms. The van der Waals surface area contributed by atoms with Gasteiger partial charge in [-0.2, -0.15) is 5.10 Å². The van der Waals surface area contributed by atoms with Gasteiger partial charge in [0.25, 0.3) is 0 Å². The smallest absolute Gasteiger partial charge is 0.0845 e. The minimum absolute atomic E-state index is 0.475. The number of hydrogen-bond donors (Lipinski definition) is 1. The van der Waals surface area contributed by atoms with Crippen LogP contribution in [0, 0.1) is 6.92 Å². The summed E-state index contributed by atoms with van der Waals surface area (Å²) in [6, 6.07) is 10.1. The summed E-state index contributed by atoms with van der Waals surface area (Å²) in [7, 11) is 0. The van der Waals surface area contributed by atoms with E-state index < -0.39 is 6.10 Å². The first-order valence-corrected chi connectivity index (χ1v) is 7.72. The quantitative estimate of drug-likeness (QED) is 0.852. The summed E-state index contributed by atoms with van der Waals surface area (Å²) in [6.07, 6.45) is 2.18. The Morgan fingerprint density at radius 2 is 2.00 bits per heavy atom. The van der Waals surface area contributed by atoms with E-state index in [1.54, 1.807) is 11.8 Å². The van der Waals surface area contributed by atoms with E-state index in [0.29, 0.717) is 6.42 Å². The van der Waals surface area contributed by atoms with Gasteiger partial charge in [0, 0.05) is 23.6 Å². The molecule has 1 N–H and O–H groups in total. The molecule has 0 aliphatic heterocycles. The van der Waals surface area contributed by atoms with E-state index in [1.807, 2.05) is 48.2 Å². The number of nitrogens with zero attached hydrogens (tertiary/aromatic N) is 2. The molecule has 4 heteroatoms. The minimum Gasteiger partial charge on any atom is -0.388 e. The predicted octanol–water partition coefficient (Wildman–Crippen LogP) is 3.21. The lowest BCUT2D eigenvalue weighted by Gasteiger charge is -2.12.